The molecule has 0 bridgehead atoms. The highest BCUT2D eigenvalue weighted by molar-refractivity contribution is 7.81. The minimum atomic E-state index is -0.232. The summed E-state index contributed by atoms with van der Waals surface area (Å²) in [5.74, 6) is 0.251. The van der Waals surface area contributed by atoms with Crippen LogP contribution in [0.15, 0.2) is 24.3 Å². The third-order valence-electron chi connectivity index (χ3n) is 2.45. The van der Waals surface area contributed by atoms with E-state index in [1.165, 1.54) is 5.56 Å². The molecule has 3 heteroatoms. The second kappa shape index (κ2) is 5.94. The lowest BCUT2D eigenvalue weighted by molar-refractivity contribution is -0.121. The summed E-state index contributed by atoms with van der Waals surface area (Å²) in [7, 11) is 0. The fourth-order valence-electron chi connectivity index (χ4n) is 1.42. The van der Waals surface area contributed by atoms with E-state index >= 15 is 0 Å². The van der Waals surface area contributed by atoms with Crippen LogP contribution in [0.5, 0.6) is 0 Å². The number of aryl methyl sites for hydroxylation is 1. The number of carbonyl (C=O) groups is 1. The van der Waals surface area contributed by atoms with Crippen molar-refractivity contribution in [3.63, 3.8) is 0 Å². The molecule has 1 aromatic carbocycles. The van der Waals surface area contributed by atoms with E-state index in [0.29, 0.717) is 6.54 Å². The van der Waals surface area contributed by atoms with Crippen molar-refractivity contribution in [3.8, 4) is 0 Å². The predicted octanol–water partition coefficient (Wildman–Crippen LogP) is 2.57. The van der Waals surface area contributed by atoms with Crippen molar-refractivity contribution in [3.05, 3.63) is 35.4 Å². The highest BCUT2D eigenvalue weighted by atomic mass is 32.1. The first-order valence-corrected chi connectivity index (χ1v) is 6.03. The Labute approximate surface area is 103 Å². The lowest BCUT2D eigenvalue weighted by Gasteiger charge is -2.14. The molecule has 1 amide bonds. The van der Waals surface area contributed by atoms with Gasteiger partial charge in [0, 0.05) is 6.54 Å². The Morgan fingerprint density at radius 3 is 2.69 bits per heavy atom. The number of hydrogen-bond donors (Lipinski definition) is 2. The Kier molecular flexibility index (Phi) is 4.87. The van der Waals surface area contributed by atoms with Gasteiger partial charge in [0.1, 0.15) is 0 Å². The Morgan fingerprint density at radius 1 is 1.44 bits per heavy atom. The average Bonchev–Trinajstić information content (AvgIpc) is 2.24. The van der Waals surface area contributed by atoms with E-state index < -0.39 is 0 Å². The van der Waals surface area contributed by atoms with Gasteiger partial charge in [0.15, 0.2) is 0 Å². The molecule has 2 nitrogen and oxygen atoms in total. The SMILES string of the molecule is Cc1cccc(CNC(=O)C(S)C(C)C)c1. The van der Waals surface area contributed by atoms with E-state index in [-0.39, 0.29) is 17.1 Å². The number of hydrogen-bond acceptors (Lipinski definition) is 2. The van der Waals surface area contributed by atoms with Crippen molar-refractivity contribution in [2.24, 2.45) is 5.92 Å². The highest BCUT2D eigenvalue weighted by Crippen LogP contribution is 2.09. The van der Waals surface area contributed by atoms with Crippen molar-refractivity contribution < 1.29 is 4.79 Å². The molecule has 0 radical (unpaired) electrons. The van der Waals surface area contributed by atoms with E-state index in [4.69, 9.17) is 0 Å². The largest absolute Gasteiger partial charge is 0.351 e. The predicted molar refractivity (Wildman–Crippen MR) is 70.6 cm³/mol. The van der Waals surface area contributed by atoms with Gasteiger partial charge in [-0.25, -0.2) is 0 Å². The summed E-state index contributed by atoms with van der Waals surface area (Å²) in [5.41, 5.74) is 2.33. The zero-order valence-electron chi connectivity index (χ0n) is 10.0. The Hall–Kier alpha value is -0.960. The summed E-state index contributed by atoms with van der Waals surface area (Å²) < 4.78 is 0. The second-order valence-corrected chi connectivity index (χ2v) is 4.95. The van der Waals surface area contributed by atoms with Gasteiger partial charge in [-0.2, -0.15) is 12.6 Å². The third kappa shape index (κ3) is 3.89. The Bertz CT molecular complexity index is 363. The maximum atomic E-state index is 11.7. The Morgan fingerprint density at radius 2 is 2.12 bits per heavy atom. The molecule has 0 saturated heterocycles. The molecule has 1 atom stereocenters. The molecule has 88 valence electrons. The van der Waals surface area contributed by atoms with Gasteiger partial charge in [-0.1, -0.05) is 43.7 Å². The van der Waals surface area contributed by atoms with E-state index in [1.54, 1.807) is 0 Å². The van der Waals surface area contributed by atoms with E-state index in [9.17, 15) is 4.79 Å². The van der Waals surface area contributed by atoms with Crippen molar-refractivity contribution in [1.29, 1.82) is 0 Å². The molecule has 0 aliphatic carbocycles. The molecular formula is C13H19NOS. The lowest BCUT2D eigenvalue weighted by Crippen LogP contribution is -2.33. The van der Waals surface area contributed by atoms with Crippen LogP contribution >= 0.6 is 12.6 Å². The molecule has 0 heterocycles. The molecule has 0 fully saturated rings. The van der Waals surface area contributed by atoms with Crippen LogP contribution in [0.4, 0.5) is 0 Å². The highest BCUT2D eigenvalue weighted by Gasteiger charge is 2.16. The zero-order valence-corrected chi connectivity index (χ0v) is 10.9. The summed E-state index contributed by atoms with van der Waals surface area (Å²) >= 11 is 4.27. The average molecular weight is 237 g/mol. The van der Waals surface area contributed by atoms with Crippen LogP contribution in [0.3, 0.4) is 0 Å². The molecule has 1 N–H and O–H groups in total. The maximum absolute atomic E-state index is 11.7. The first-order chi connectivity index (χ1) is 7.50. The number of nitrogens with one attached hydrogen (secondary N) is 1. The molecule has 0 aromatic heterocycles. The summed E-state index contributed by atoms with van der Waals surface area (Å²) in [4.78, 5) is 11.7. The van der Waals surface area contributed by atoms with Gasteiger partial charge in [0.25, 0.3) is 0 Å². The van der Waals surface area contributed by atoms with Crippen LogP contribution in [0.25, 0.3) is 0 Å². The van der Waals surface area contributed by atoms with E-state index in [1.807, 2.05) is 39.0 Å². The van der Waals surface area contributed by atoms with Crippen LogP contribution in [0, 0.1) is 12.8 Å². The second-order valence-electron chi connectivity index (χ2n) is 4.40. The van der Waals surface area contributed by atoms with Gasteiger partial charge in [-0.3, -0.25) is 4.79 Å². The normalized spacial score (nSPS) is 12.6. The van der Waals surface area contributed by atoms with Crippen LogP contribution in [-0.4, -0.2) is 11.2 Å². The van der Waals surface area contributed by atoms with Crippen molar-refractivity contribution in [2.75, 3.05) is 0 Å². The summed E-state index contributed by atoms with van der Waals surface area (Å²) in [5, 5.41) is 2.66. The first kappa shape index (κ1) is 13.1. The van der Waals surface area contributed by atoms with Crippen LogP contribution < -0.4 is 5.32 Å². The quantitative estimate of drug-likeness (QED) is 0.774. The van der Waals surface area contributed by atoms with Gasteiger partial charge in [0.05, 0.1) is 5.25 Å². The number of thiol groups is 1. The van der Waals surface area contributed by atoms with Crippen LogP contribution in [0.1, 0.15) is 25.0 Å². The topological polar surface area (TPSA) is 29.1 Å². The van der Waals surface area contributed by atoms with Crippen molar-refractivity contribution in [1.82, 2.24) is 5.32 Å². The van der Waals surface area contributed by atoms with E-state index in [0.717, 1.165) is 5.56 Å². The van der Waals surface area contributed by atoms with Gasteiger partial charge in [-0.05, 0) is 18.4 Å². The maximum Gasteiger partial charge on any atom is 0.233 e. The van der Waals surface area contributed by atoms with Gasteiger partial charge in [-0.15, -0.1) is 0 Å². The number of carbonyl (C=O) groups excluding carboxylic acids is 1. The molecule has 0 aliphatic rings. The Balaban J connectivity index is 2.49. The monoisotopic (exact) mass is 237 g/mol. The summed E-state index contributed by atoms with van der Waals surface area (Å²) in [6, 6.07) is 8.12. The van der Waals surface area contributed by atoms with Crippen molar-refractivity contribution >= 4 is 18.5 Å². The minimum Gasteiger partial charge on any atom is -0.351 e. The zero-order chi connectivity index (χ0) is 12.1. The molecule has 1 rings (SSSR count). The molecule has 1 aromatic rings. The molecule has 16 heavy (non-hydrogen) atoms. The van der Waals surface area contributed by atoms with Crippen LogP contribution in [-0.2, 0) is 11.3 Å². The van der Waals surface area contributed by atoms with Gasteiger partial charge >= 0.3 is 0 Å². The van der Waals surface area contributed by atoms with Crippen LogP contribution in [0.2, 0.25) is 0 Å². The van der Waals surface area contributed by atoms with Gasteiger partial charge < -0.3 is 5.32 Å². The molecule has 0 spiro atoms. The van der Waals surface area contributed by atoms with E-state index in [2.05, 4.69) is 24.0 Å². The van der Waals surface area contributed by atoms with Crippen molar-refractivity contribution in [2.45, 2.75) is 32.6 Å². The third-order valence-corrected chi connectivity index (χ3v) is 3.28. The molecule has 0 saturated carbocycles. The fourth-order valence-corrected chi connectivity index (χ4v) is 1.51. The number of rotatable bonds is 4. The first-order valence-electron chi connectivity index (χ1n) is 5.52. The smallest absolute Gasteiger partial charge is 0.233 e. The summed E-state index contributed by atoms with van der Waals surface area (Å²) in [6.07, 6.45) is 0. The molecule has 1 unspecified atom stereocenters. The fraction of sp³-hybridized carbons (Fsp3) is 0.462. The molecular weight excluding hydrogens is 218 g/mol. The minimum absolute atomic E-state index is 0.000149. The molecule has 0 aliphatic heterocycles. The lowest BCUT2D eigenvalue weighted by atomic mass is 10.1. The summed E-state index contributed by atoms with van der Waals surface area (Å²) in [6.45, 7) is 6.60. The number of benzene rings is 1. The van der Waals surface area contributed by atoms with Gasteiger partial charge in [0.2, 0.25) is 5.91 Å². The standard InChI is InChI=1S/C13H19NOS/c1-9(2)12(16)13(15)14-8-11-6-4-5-10(3)7-11/h4-7,9,12,16H,8H2,1-3H3,(H,14,15). The number of amides is 1.